The molecule has 0 bridgehead atoms. The lowest BCUT2D eigenvalue weighted by molar-refractivity contribution is -0.0501. The van der Waals surface area contributed by atoms with E-state index in [1.807, 2.05) is 5.38 Å². The Morgan fingerprint density at radius 1 is 1.65 bits per heavy atom. The Hall–Kier alpha value is -2.12. The molecule has 1 aliphatic rings. The van der Waals surface area contributed by atoms with E-state index >= 15 is 4.39 Å². The monoisotopic (exact) mass is 342 g/mol. The van der Waals surface area contributed by atoms with Crippen molar-refractivity contribution < 1.29 is 19.3 Å². The van der Waals surface area contributed by atoms with Crippen LogP contribution in [-0.2, 0) is 4.74 Å². The highest BCUT2D eigenvalue weighted by atomic mass is 35.5. The molecule has 122 valence electrons. The van der Waals surface area contributed by atoms with Crippen molar-refractivity contribution in [2.24, 2.45) is 0 Å². The average Bonchev–Trinajstić information content (AvgIpc) is 3.01. The molecule has 4 atom stereocenters. The van der Waals surface area contributed by atoms with Gasteiger partial charge in [0, 0.05) is 11.6 Å². The number of alkyl halides is 1. The Labute approximate surface area is 133 Å². The number of aromatic nitrogens is 3. The van der Waals surface area contributed by atoms with Gasteiger partial charge in [0.05, 0.1) is 12.0 Å². The number of aromatic amines is 1. The smallest absolute Gasteiger partial charge is 0.261 e. The van der Waals surface area contributed by atoms with Crippen molar-refractivity contribution in [3.05, 3.63) is 22.6 Å². The van der Waals surface area contributed by atoms with E-state index in [4.69, 9.17) is 22.1 Å². The van der Waals surface area contributed by atoms with Crippen molar-refractivity contribution >= 4 is 28.6 Å². The van der Waals surface area contributed by atoms with Crippen LogP contribution in [0, 0.1) is 11.3 Å². The number of nitrogens with zero attached hydrogens (tertiary/aromatic N) is 2. The first-order valence-corrected chi connectivity index (χ1v) is 6.92. The lowest BCUT2D eigenvalue weighted by Crippen LogP contribution is -2.42. The van der Waals surface area contributed by atoms with Gasteiger partial charge in [-0.25, -0.2) is 4.39 Å². The predicted octanol–water partition coefficient (Wildman–Crippen LogP) is -0.535. The zero-order valence-electron chi connectivity index (χ0n) is 11.5. The number of hydrogen-bond donors (Lipinski definition) is 4. The van der Waals surface area contributed by atoms with E-state index in [2.05, 4.69) is 15.9 Å². The second-order valence-corrected chi connectivity index (χ2v) is 5.24. The van der Waals surface area contributed by atoms with E-state index in [-0.39, 0.29) is 17.0 Å². The molecule has 2 aromatic rings. The van der Waals surface area contributed by atoms with Crippen LogP contribution in [0.15, 0.2) is 17.1 Å². The molecule has 2 aromatic heterocycles. The van der Waals surface area contributed by atoms with Crippen LogP contribution in [0.3, 0.4) is 0 Å². The highest BCUT2D eigenvalue weighted by molar-refractivity contribution is 6.30. The van der Waals surface area contributed by atoms with E-state index in [9.17, 15) is 15.0 Å². The molecule has 10 heteroatoms. The zero-order valence-corrected chi connectivity index (χ0v) is 12.3. The number of nitrogen functional groups attached to an aromatic ring is 1. The lowest BCUT2D eigenvalue weighted by Gasteiger charge is -2.24. The minimum Gasteiger partial charge on any atom is -0.394 e. The number of nitrogens with one attached hydrogen (secondary N) is 1. The molecular formula is C13H12ClFN4O4. The van der Waals surface area contributed by atoms with Gasteiger partial charge in [-0.2, -0.15) is 4.98 Å². The number of nitrogens with two attached hydrogens (primary N) is 1. The highest BCUT2D eigenvalue weighted by Crippen LogP contribution is 2.42. The number of ether oxygens (including phenoxy) is 1. The van der Waals surface area contributed by atoms with Crippen LogP contribution in [0.25, 0.3) is 11.0 Å². The van der Waals surface area contributed by atoms with Crippen LogP contribution in [0.1, 0.15) is 6.23 Å². The number of hydrogen-bond acceptors (Lipinski definition) is 6. The summed E-state index contributed by atoms with van der Waals surface area (Å²) in [6.45, 7) is -0.622. The normalized spacial score (nSPS) is 30.3. The Balaban J connectivity index is 2.20. The molecule has 3 rings (SSSR count). The van der Waals surface area contributed by atoms with Crippen molar-refractivity contribution in [3.63, 3.8) is 0 Å². The van der Waals surface area contributed by atoms with Crippen LogP contribution in [0.5, 0.6) is 0 Å². The molecule has 1 saturated heterocycles. The molecule has 1 aliphatic heterocycles. The Bertz CT molecular complexity index is 872. The third kappa shape index (κ3) is 2.27. The summed E-state index contributed by atoms with van der Waals surface area (Å²) in [6.07, 6.45) is -3.06. The first-order valence-electron chi connectivity index (χ1n) is 6.54. The van der Waals surface area contributed by atoms with Crippen LogP contribution in [-0.4, -0.2) is 49.2 Å². The summed E-state index contributed by atoms with van der Waals surface area (Å²) in [5.41, 5.74) is 2.46. The third-order valence-corrected chi connectivity index (χ3v) is 3.81. The predicted molar refractivity (Wildman–Crippen MR) is 79.2 cm³/mol. The molecule has 0 radical (unpaired) electrons. The molecule has 3 heterocycles. The van der Waals surface area contributed by atoms with Crippen molar-refractivity contribution in [1.29, 1.82) is 0 Å². The minimum absolute atomic E-state index is 0.0560. The van der Waals surface area contributed by atoms with Gasteiger partial charge in [0.2, 0.25) is 11.6 Å². The molecule has 5 N–H and O–H groups in total. The number of aliphatic hydroxyl groups is 2. The van der Waals surface area contributed by atoms with Crippen LogP contribution < -0.4 is 11.3 Å². The molecular weight excluding hydrogens is 331 g/mol. The molecule has 0 amide bonds. The number of anilines is 1. The molecule has 8 nitrogen and oxygen atoms in total. The number of aliphatic hydroxyl groups excluding tert-OH is 2. The minimum atomic E-state index is -2.60. The lowest BCUT2D eigenvalue weighted by atomic mass is 9.97. The molecule has 23 heavy (non-hydrogen) atoms. The second kappa shape index (κ2) is 5.50. The van der Waals surface area contributed by atoms with Crippen molar-refractivity contribution in [2.75, 3.05) is 12.3 Å². The maximum absolute atomic E-state index is 15.2. The molecule has 0 spiro atoms. The molecule has 1 unspecified atom stereocenters. The first kappa shape index (κ1) is 15.8. The Morgan fingerprint density at radius 3 is 3.04 bits per heavy atom. The van der Waals surface area contributed by atoms with Crippen molar-refractivity contribution in [1.82, 2.24) is 14.5 Å². The van der Waals surface area contributed by atoms with Gasteiger partial charge in [-0.1, -0.05) is 0 Å². The molecule has 0 aromatic carbocycles. The van der Waals surface area contributed by atoms with Crippen LogP contribution in [0.4, 0.5) is 10.3 Å². The second-order valence-electron chi connectivity index (χ2n) is 5.05. The zero-order chi connectivity index (χ0) is 16.8. The van der Waals surface area contributed by atoms with E-state index in [1.165, 1.54) is 16.8 Å². The Kier molecular flexibility index (Phi) is 3.77. The van der Waals surface area contributed by atoms with Gasteiger partial charge in [-0.05, 0) is 23.6 Å². The SMILES string of the molecule is Nc1nc2c(ccn2[C@@H]2O[C@H](CO)C(O)[C@]2(F)C#CCl)c(=O)[nH]1. The number of rotatable bonds is 2. The van der Waals surface area contributed by atoms with Crippen molar-refractivity contribution in [2.45, 2.75) is 24.1 Å². The standard InChI is InChI=1S/C13H12ClFN4O4/c14-3-2-13(15)8(21)7(5-20)23-11(13)19-4-1-6-9(19)17-12(16)18-10(6)22/h1,4,7-8,11,20-21H,5H2,(H3,16,17,18,22)/t7-,8?,11-,13-/m1/s1. The number of halogens is 2. The Morgan fingerprint density at radius 2 is 2.39 bits per heavy atom. The van der Waals surface area contributed by atoms with E-state index in [0.29, 0.717) is 0 Å². The topological polar surface area (TPSA) is 126 Å². The highest BCUT2D eigenvalue weighted by Gasteiger charge is 2.57. The third-order valence-electron chi connectivity index (χ3n) is 3.72. The van der Waals surface area contributed by atoms with Gasteiger partial charge in [0.25, 0.3) is 5.56 Å². The van der Waals surface area contributed by atoms with Gasteiger partial charge < -0.3 is 25.3 Å². The quantitative estimate of drug-likeness (QED) is 0.543. The fourth-order valence-electron chi connectivity index (χ4n) is 2.62. The summed E-state index contributed by atoms with van der Waals surface area (Å²) in [7, 11) is 0. The van der Waals surface area contributed by atoms with Crippen LogP contribution >= 0.6 is 11.6 Å². The molecule has 1 fully saturated rings. The first-order chi connectivity index (χ1) is 10.9. The maximum atomic E-state index is 15.2. The van der Waals surface area contributed by atoms with Gasteiger partial charge in [0.15, 0.2) is 11.9 Å². The van der Waals surface area contributed by atoms with E-state index in [1.54, 1.807) is 0 Å². The fourth-order valence-corrected chi connectivity index (χ4v) is 2.77. The van der Waals surface area contributed by atoms with E-state index in [0.717, 1.165) is 0 Å². The number of fused-ring (bicyclic) bond motifs is 1. The maximum Gasteiger partial charge on any atom is 0.261 e. The number of H-pyrrole nitrogens is 1. The summed E-state index contributed by atoms with van der Waals surface area (Å²) in [5.74, 6) is 1.90. The molecule has 0 aliphatic carbocycles. The van der Waals surface area contributed by atoms with Crippen LogP contribution in [0.2, 0.25) is 0 Å². The summed E-state index contributed by atoms with van der Waals surface area (Å²) < 4.78 is 21.7. The summed E-state index contributed by atoms with van der Waals surface area (Å²) in [5, 5.41) is 21.3. The fraction of sp³-hybridized carbons (Fsp3) is 0.385. The van der Waals surface area contributed by atoms with Gasteiger partial charge >= 0.3 is 0 Å². The summed E-state index contributed by atoms with van der Waals surface area (Å²) in [6, 6.07) is 1.40. The van der Waals surface area contributed by atoms with Gasteiger partial charge in [-0.15, -0.1) is 0 Å². The molecule has 0 saturated carbocycles. The van der Waals surface area contributed by atoms with Crippen molar-refractivity contribution in [3.8, 4) is 11.3 Å². The van der Waals surface area contributed by atoms with Gasteiger partial charge in [-0.3, -0.25) is 9.78 Å². The largest absolute Gasteiger partial charge is 0.394 e. The van der Waals surface area contributed by atoms with Gasteiger partial charge in [0.1, 0.15) is 12.2 Å². The van der Waals surface area contributed by atoms with E-state index < -0.39 is 36.3 Å². The summed E-state index contributed by atoms with van der Waals surface area (Å²) in [4.78, 5) is 18.1. The summed E-state index contributed by atoms with van der Waals surface area (Å²) >= 11 is 5.29. The average molecular weight is 343 g/mol.